The highest BCUT2D eigenvalue weighted by molar-refractivity contribution is 5.75. The Morgan fingerprint density at radius 3 is 2.39 bits per heavy atom. The minimum Gasteiger partial charge on any atom is -0.336 e. The first-order chi connectivity index (χ1) is 8.45. The number of nitrogens with two attached hydrogens (primary N) is 1. The molecule has 0 bridgehead atoms. The lowest BCUT2D eigenvalue weighted by Crippen LogP contribution is -2.59. The third-order valence-corrected chi connectivity index (χ3v) is 4.42. The maximum Gasteiger partial charge on any atom is 0.317 e. The van der Waals surface area contributed by atoms with Crippen molar-refractivity contribution in [3.8, 4) is 0 Å². The molecule has 0 atom stereocenters. The van der Waals surface area contributed by atoms with Crippen molar-refractivity contribution < 1.29 is 4.79 Å². The first-order valence-electron chi connectivity index (χ1n) is 7.19. The predicted molar refractivity (Wildman–Crippen MR) is 75.5 cm³/mol. The smallest absolute Gasteiger partial charge is 0.317 e. The quantitative estimate of drug-likeness (QED) is 0.810. The van der Waals surface area contributed by atoms with Crippen LogP contribution >= 0.6 is 0 Å². The topological polar surface area (TPSA) is 58.4 Å². The van der Waals surface area contributed by atoms with Crippen molar-refractivity contribution in [3.63, 3.8) is 0 Å². The number of likely N-dealkylation sites (N-methyl/N-ethyl adjacent to an activating group) is 1. The third kappa shape index (κ3) is 3.37. The molecule has 0 aromatic rings. The predicted octanol–water partition coefficient (Wildman–Crippen LogP) is 2.33. The van der Waals surface area contributed by atoms with Gasteiger partial charge >= 0.3 is 6.03 Å². The van der Waals surface area contributed by atoms with Crippen LogP contribution in [0.4, 0.5) is 4.79 Å². The molecule has 1 fully saturated rings. The second kappa shape index (κ2) is 6.41. The molecule has 0 aromatic carbocycles. The maximum absolute atomic E-state index is 12.1. The van der Waals surface area contributed by atoms with Gasteiger partial charge in [0, 0.05) is 19.6 Å². The Morgan fingerprint density at radius 1 is 1.44 bits per heavy atom. The van der Waals surface area contributed by atoms with Crippen molar-refractivity contribution in [3.05, 3.63) is 0 Å². The van der Waals surface area contributed by atoms with Gasteiger partial charge in [-0.25, -0.2) is 4.79 Å². The molecule has 4 nitrogen and oxygen atoms in total. The minimum atomic E-state index is -0.134. The number of carbonyl (C=O) groups is 1. The fourth-order valence-corrected chi connectivity index (χ4v) is 2.86. The van der Waals surface area contributed by atoms with E-state index in [9.17, 15) is 4.79 Å². The van der Waals surface area contributed by atoms with Gasteiger partial charge in [0.1, 0.15) is 0 Å². The van der Waals surface area contributed by atoms with E-state index in [-0.39, 0.29) is 17.6 Å². The number of nitrogens with one attached hydrogen (secondary N) is 1. The minimum absolute atomic E-state index is 0.00500. The number of hydrogen-bond acceptors (Lipinski definition) is 2. The zero-order valence-corrected chi connectivity index (χ0v) is 12.3. The van der Waals surface area contributed by atoms with E-state index in [0.717, 1.165) is 18.8 Å². The second-order valence-corrected chi connectivity index (χ2v) is 5.94. The Labute approximate surface area is 111 Å². The summed E-state index contributed by atoms with van der Waals surface area (Å²) in [7, 11) is 1.89. The van der Waals surface area contributed by atoms with Gasteiger partial charge in [-0.2, -0.15) is 0 Å². The molecule has 0 aromatic heterocycles. The van der Waals surface area contributed by atoms with Gasteiger partial charge in [-0.05, 0) is 45.4 Å². The van der Waals surface area contributed by atoms with E-state index >= 15 is 0 Å². The molecule has 0 radical (unpaired) electrons. The summed E-state index contributed by atoms with van der Waals surface area (Å²) in [5, 5.41) is 2.96. The summed E-state index contributed by atoms with van der Waals surface area (Å²) in [6, 6.07) is 0.173. The summed E-state index contributed by atoms with van der Waals surface area (Å²) in [6.45, 7) is 6.77. The van der Waals surface area contributed by atoms with E-state index in [4.69, 9.17) is 5.73 Å². The molecule has 2 amide bonds. The summed E-state index contributed by atoms with van der Waals surface area (Å²) < 4.78 is 0. The van der Waals surface area contributed by atoms with Crippen molar-refractivity contribution in [1.82, 2.24) is 10.2 Å². The summed E-state index contributed by atoms with van der Waals surface area (Å²) in [5.74, 6) is 0.811. The van der Waals surface area contributed by atoms with Crippen LogP contribution in [0.3, 0.4) is 0 Å². The Morgan fingerprint density at radius 2 is 2.00 bits per heavy atom. The molecule has 1 aliphatic carbocycles. The van der Waals surface area contributed by atoms with Crippen molar-refractivity contribution >= 4 is 6.03 Å². The van der Waals surface area contributed by atoms with Gasteiger partial charge in [-0.15, -0.1) is 0 Å². The van der Waals surface area contributed by atoms with E-state index in [1.807, 2.05) is 25.8 Å². The normalized spacial score (nSPS) is 28.2. The third-order valence-electron chi connectivity index (χ3n) is 4.42. The monoisotopic (exact) mass is 255 g/mol. The fourth-order valence-electron chi connectivity index (χ4n) is 2.86. The van der Waals surface area contributed by atoms with Crippen LogP contribution in [0.1, 0.15) is 52.9 Å². The number of amides is 2. The molecule has 0 heterocycles. The lowest BCUT2D eigenvalue weighted by atomic mass is 9.75. The largest absolute Gasteiger partial charge is 0.336 e. The van der Waals surface area contributed by atoms with Crippen LogP contribution < -0.4 is 11.1 Å². The van der Waals surface area contributed by atoms with E-state index < -0.39 is 0 Å². The number of rotatable bonds is 4. The average Bonchev–Trinajstić information content (AvgIpc) is 2.37. The van der Waals surface area contributed by atoms with E-state index in [1.54, 1.807) is 0 Å². The molecule has 3 N–H and O–H groups in total. The zero-order chi connectivity index (χ0) is 13.8. The van der Waals surface area contributed by atoms with Gasteiger partial charge in [-0.1, -0.05) is 13.3 Å². The molecule has 0 saturated heterocycles. The van der Waals surface area contributed by atoms with Gasteiger partial charge < -0.3 is 16.0 Å². The van der Waals surface area contributed by atoms with Crippen molar-refractivity contribution in [2.45, 2.75) is 64.5 Å². The van der Waals surface area contributed by atoms with Crippen LogP contribution in [0.25, 0.3) is 0 Å². The van der Waals surface area contributed by atoms with Crippen molar-refractivity contribution in [2.24, 2.45) is 11.7 Å². The summed E-state index contributed by atoms with van der Waals surface area (Å²) in [5.41, 5.74) is 5.84. The Balaban J connectivity index is 2.67. The molecule has 0 unspecified atom stereocenters. The van der Waals surface area contributed by atoms with Gasteiger partial charge in [-0.3, -0.25) is 0 Å². The Hall–Kier alpha value is -0.770. The Bertz CT molecular complexity index is 270. The number of nitrogens with zero attached hydrogens (tertiary/aromatic N) is 1. The molecular formula is C14H29N3O. The molecule has 4 heteroatoms. The van der Waals surface area contributed by atoms with E-state index in [1.165, 1.54) is 19.3 Å². The van der Waals surface area contributed by atoms with Crippen molar-refractivity contribution in [2.75, 3.05) is 13.6 Å². The Kier molecular flexibility index (Phi) is 5.45. The number of urea groups is 1. The van der Waals surface area contributed by atoms with Crippen molar-refractivity contribution in [1.29, 1.82) is 0 Å². The van der Waals surface area contributed by atoms with E-state index in [2.05, 4.69) is 12.2 Å². The second-order valence-electron chi connectivity index (χ2n) is 5.94. The highest BCUT2D eigenvalue weighted by atomic mass is 16.2. The standard InChI is InChI=1S/C14H29N3O/c1-5-12-6-8-14(10-15,9-7-12)17(4)13(18)16-11(2)3/h11-12H,5-10,15H2,1-4H3,(H,16,18). The molecule has 1 saturated carbocycles. The van der Waals surface area contributed by atoms with Gasteiger partial charge in [0.2, 0.25) is 0 Å². The molecule has 1 rings (SSSR count). The lowest BCUT2D eigenvalue weighted by molar-refractivity contribution is 0.0852. The first kappa shape index (κ1) is 15.3. The number of hydrogen-bond donors (Lipinski definition) is 2. The number of carbonyl (C=O) groups excluding carboxylic acids is 1. The molecule has 0 aliphatic heterocycles. The van der Waals surface area contributed by atoms with Gasteiger partial charge in [0.15, 0.2) is 0 Å². The first-order valence-corrected chi connectivity index (χ1v) is 7.19. The van der Waals surface area contributed by atoms with Crippen LogP contribution in [0, 0.1) is 5.92 Å². The molecule has 0 spiro atoms. The van der Waals surface area contributed by atoms with Crippen LogP contribution in [-0.4, -0.2) is 36.1 Å². The summed E-state index contributed by atoms with van der Waals surface area (Å²) in [4.78, 5) is 14.0. The molecule has 106 valence electrons. The SMILES string of the molecule is CCC1CCC(CN)(N(C)C(=O)NC(C)C)CC1. The fraction of sp³-hybridized carbons (Fsp3) is 0.929. The summed E-state index contributed by atoms with van der Waals surface area (Å²) in [6.07, 6.45) is 5.68. The van der Waals surface area contributed by atoms with Crippen LogP contribution in [-0.2, 0) is 0 Å². The molecule has 18 heavy (non-hydrogen) atoms. The molecule has 1 aliphatic rings. The molecular weight excluding hydrogens is 226 g/mol. The van der Waals surface area contributed by atoms with Crippen LogP contribution in [0.2, 0.25) is 0 Å². The highest BCUT2D eigenvalue weighted by Crippen LogP contribution is 2.36. The van der Waals surface area contributed by atoms with Gasteiger partial charge in [0.25, 0.3) is 0 Å². The average molecular weight is 255 g/mol. The maximum atomic E-state index is 12.1. The zero-order valence-electron chi connectivity index (χ0n) is 12.3. The van der Waals surface area contributed by atoms with E-state index in [0.29, 0.717) is 6.54 Å². The summed E-state index contributed by atoms with van der Waals surface area (Å²) >= 11 is 0. The van der Waals surface area contributed by atoms with Gasteiger partial charge in [0.05, 0.1) is 5.54 Å². The lowest BCUT2D eigenvalue weighted by Gasteiger charge is -2.46. The van der Waals surface area contributed by atoms with Crippen LogP contribution in [0.15, 0.2) is 0 Å². The highest BCUT2D eigenvalue weighted by Gasteiger charge is 2.39. The van der Waals surface area contributed by atoms with Crippen LogP contribution in [0.5, 0.6) is 0 Å².